The summed E-state index contributed by atoms with van der Waals surface area (Å²) in [5.41, 5.74) is 5.73. The van der Waals surface area contributed by atoms with Crippen molar-refractivity contribution in [3.05, 3.63) is 203 Å². The molecule has 0 unspecified atom stereocenters. The van der Waals surface area contributed by atoms with Crippen LogP contribution in [0.3, 0.4) is 0 Å². The lowest BCUT2D eigenvalue weighted by molar-refractivity contribution is -0.138. The van der Waals surface area contributed by atoms with Crippen LogP contribution in [0.5, 0.6) is 5.88 Å². The van der Waals surface area contributed by atoms with E-state index in [9.17, 15) is 24.0 Å². The van der Waals surface area contributed by atoms with Gasteiger partial charge in [-0.05, 0) is 18.2 Å². The Balaban J connectivity index is 0.000000141. The van der Waals surface area contributed by atoms with Crippen LogP contribution in [0.15, 0.2) is 170 Å². The number of nitrogens with one attached hydrogen (secondary N) is 2. The van der Waals surface area contributed by atoms with Gasteiger partial charge in [-0.15, -0.1) is 0 Å². The Morgan fingerprint density at radius 1 is 0.527 bits per heavy atom. The number of hydrogen-bond acceptors (Lipinski definition) is 7. The summed E-state index contributed by atoms with van der Waals surface area (Å²) >= 11 is 0. The van der Waals surface area contributed by atoms with Crippen molar-refractivity contribution in [2.75, 3.05) is 5.32 Å². The van der Waals surface area contributed by atoms with Crippen LogP contribution in [0.2, 0.25) is 0 Å². The van der Waals surface area contributed by atoms with E-state index in [1.54, 1.807) is 72.8 Å². The predicted octanol–water partition coefficient (Wildman–Crippen LogP) is 9.21. The van der Waals surface area contributed by atoms with Crippen LogP contribution in [0.1, 0.15) is 59.0 Å². The number of hydrogen-bond donors (Lipinski definition) is 2. The van der Waals surface area contributed by atoms with Gasteiger partial charge in [0.2, 0.25) is 0 Å². The summed E-state index contributed by atoms with van der Waals surface area (Å²) in [6.45, 7) is 0. The molecule has 3 heterocycles. The Labute approximate surface area is 315 Å². The Morgan fingerprint density at radius 2 is 1.04 bits per heavy atom. The van der Waals surface area contributed by atoms with E-state index in [-0.39, 0.29) is 23.8 Å². The summed E-state index contributed by atoms with van der Waals surface area (Å²) in [6.07, 6.45) is -0.0754. The van der Waals surface area contributed by atoms with Gasteiger partial charge in [-0.25, -0.2) is 0 Å². The van der Waals surface area contributed by atoms with E-state index in [4.69, 9.17) is 9.78 Å². The second kappa shape index (κ2) is 16.4. The molecule has 2 aliphatic rings. The third kappa shape index (κ3) is 7.91. The Morgan fingerprint density at radius 3 is 1.64 bits per heavy atom. The van der Waals surface area contributed by atoms with Crippen molar-refractivity contribution in [3.8, 4) is 5.88 Å². The highest BCUT2D eigenvalue weighted by Crippen LogP contribution is 2.43. The first-order chi connectivity index (χ1) is 26.9. The zero-order valence-electron chi connectivity index (χ0n) is 29.2. The number of allylic oxidation sites excluding steroid dienone is 1. The normalized spacial score (nSPS) is 12.4. The monoisotopic (exact) mass is 724 g/mol. The van der Waals surface area contributed by atoms with Crippen LogP contribution in [-0.4, -0.2) is 34.0 Å². The molecule has 7 aromatic rings. The number of H-pyrrole nitrogens is 1. The molecule has 0 radical (unpaired) electrons. The van der Waals surface area contributed by atoms with Gasteiger partial charge in [0.05, 0.1) is 28.8 Å². The van der Waals surface area contributed by atoms with Crippen LogP contribution in [0.25, 0.3) is 22.2 Å². The molecule has 9 nitrogen and oxygen atoms in total. The predicted molar refractivity (Wildman–Crippen MR) is 210 cm³/mol. The van der Waals surface area contributed by atoms with Gasteiger partial charge in [-0.2, -0.15) is 0 Å². The number of anilines is 1. The zero-order chi connectivity index (χ0) is 38.1. The van der Waals surface area contributed by atoms with Crippen LogP contribution in [0.4, 0.5) is 5.69 Å². The van der Waals surface area contributed by atoms with Crippen LogP contribution in [0, 0.1) is 0 Å². The summed E-state index contributed by atoms with van der Waals surface area (Å²) in [5, 5.41) is 3.38. The zero-order valence-corrected chi connectivity index (χ0v) is 29.2. The van der Waals surface area contributed by atoms with Gasteiger partial charge in [0.15, 0.2) is 23.1 Å². The first kappa shape index (κ1) is 35.7. The molecule has 1 aromatic heterocycles. The van der Waals surface area contributed by atoms with E-state index in [1.807, 2.05) is 97.1 Å². The fourth-order valence-corrected chi connectivity index (χ4v) is 6.09. The van der Waals surface area contributed by atoms with E-state index in [0.29, 0.717) is 45.2 Å². The molecule has 55 heavy (non-hydrogen) atoms. The number of ketones is 4. The number of aromatic amines is 1. The maximum atomic E-state index is 13.5. The lowest BCUT2D eigenvalue weighted by Crippen LogP contribution is -2.14. The topological polar surface area (TPSA) is 132 Å². The summed E-state index contributed by atoms with van der Waals surface area (Å²) in [5.74, 6) is -0.508. The lowest BCUT2D eigenvalue weighted by atomic mass is 9.92. The van der Waals surface area contributed by atoms with Crippen molar-refractivity contribution < 1.29 is 33.7 Å². The van der Waals surface area contributed by atoms with Gasteiger partial charge in [0.1, 0.15) is 0 Å². The van der Waals surface area contributed by atoms with Crippen LogP contribution in [-0.2, 0) is 9.68 Å². The summed E-state index contributed by atoms with van der Waals surface area (Å²) in [7, 11) is 0. The maximum Gasteiger partial charge on any atom is 0.296 e. The molecule has 0 bridgehead atoms. The number of aromatic nitrogens is 1. The SMILES string of the molecule is O=C(C1=C(c2ccccc2)OOc2[nH]c3ccccc3c21)c1ccccc1.O=C(CC(=O)c1ccccc1)c1ccccc1.O=C1Nc2ccccc2C1=O. The van der Waals surface area contributed by atoms with Gasteiger partial charge in [0, 0.05) is 33.2 Å². The van der Waals surface area contributed by atoms with E-state index >= 15 is 0 Å². The van der Waals surface area contributed by atoms with Gasteiger partial charge in [0.25, 0.3) is 17.6 Å². The van der Waals surface area contributed by atoms with Crippen molar-refractivity contribution in [1.82, 2.24) is 4.98 Å². The average molecular weight is 725 g/mol. The fraction of sp³-hybridized carbons (Fsp3) is 0.0217. The fourth-order valence-electron chi connectivity index (χ4n) is 6.09. The first-order valence-corrected chi connectivity index (χ1v) is 17.4. The minimum atomic E-state index is -0.536. The van der Waals surface area contributed by atoms with Gasteiger partial charge >= 0.3 is 0 Å². The Bertz CT molecular complexity index is 2510. The lowest BCUT2D eigenvalue weighted by Gasteiger charge is -2.20. The molecule has 9 rings (SSSR count). The number of Topliss-reactive ketones (excluding diaryl/α,β-unsaturated/α-hetero) is 4. The molecule has 1 amide bonds. The molecule has 2 aliphatic heterocycles. The van der Waals surface area contributed by atoms with Crippen molar-refractivity contribution >= 4 is 57.0 Å². The molecule has 9 heteroatoms. The average Bonchev–Trinajstić information content (AvgIpc) is 3.77. The largest absolute Gasteiger partial charge is 0.321 e. The molecule has 0 atom stereocenters. The molecule has 0 saturated carbocycles. The van der Waals surface area contributed by atoms with Crippen LogP contribution >= 0.6 is 0 Å². The van der Waals surface area contributed by atoms with Gasteiger partial charge in [-0.3, -0.25) is 33.7 Å². The number of carbonyl (C=O) groups excluding carboxylic acids is 5. The van der Waals surface area contributed by atoms with Crippen LogP contribution < -0.4 is 10.2 Å². The number of benzene rings is 6. The third-order valence-corrected chi connectivity index (χ3v) is 8.79. The molecule has 0 fully saturated rings. The van der Waals surface area contributed by atoms with E-state index in [2.05, 4.69) is 10.3 Å². The molecule has 0 aliphatic carbocycles. The van der Waals surface area contributed by atoms with Crippen molar-refractivity contribution in [3.63, 3.8) is 0 Å². The minimum Gasteiger partial charge on any atom is -0.321 e. The minimum absolute atomic E-state index is 0.0754. The van der Waals surface area contributed by atoms with E-state index in [0.717, 1.165) is 22.0 Å². The standard InChI is InChI=1S/C23H15NO3.C15H12O2.C8H5NO2/c25-21(15-9-3-1-4-10-15)20-19-17-13-7-8-14-18(17)24-23(19)27-26-22(20)16-11-5-2-6-12-16;16-14(12-7-3-1-4-8-12)11-15(17)13-9-5-2-6-10-13;10-7-5-3-1-2-4-6(5)9-8(7)11/h1-14,24H;1-10H,11H2;1-4H,(H,9,10,11). The molecule has 6 aromatic carbocycles. The number of amides is 1. The highest BCUT2D eigenvalue weighted by Gasteiger charge is 2.33. The van der Waals surface area contributed by atoms with E-state index in [1.165, 1.54) is 0 Å². The molecular weight excluding hydrogens is 693 g/mol. The highest BCUT2D eigenvalue weighted by molar-refractivity contribution is 6.51. The quantitative estimate of drug-likeness (QED) is 0.0725. The smallest absolute Gasteiger partial charge is 0.296 e. The highest BCUT2D eigenvalue weighted by atomic mass is 17.2. The number of para-hydroxylation sites is 2. The number of fused-ring (bicyclic) bond motifs is 4. The molecule has 268 valence electrons. The maximum absolute atomic E-state index is 13.5. The molecular formula is C46H32N2O7. The van der Waals surface area contributed by atoms with Crippen molar-refractivity contribution in [2.45, 2.75) is 6.42 Å². The third-order valence-electron chi connectivity index (χ3n) is 8.79. The Kier molecular flexibility index (Phi) is 10.6. The first-order valence-electron chi connectivity index (χ1n) is 17.4. The van der Waals surface area contributed by atoms with Gasteiger partial charge in [-0.1, -0.05) is 152 Å². The second-order valence-electron chi connectivity index (χ2n) is 12.4. The summed E-state index contributed by atoms with van der Waals surface area (Å²) in [4.78, 5) is 73.2. The second-order valence-corrected chi connectivity index (χ2v) is 12.4. The molecule has 0 spiro atoms. The summed E-state index contributed by atoms with van der Waals surface area (Å²) < 4.78 is 0. The number of rotatable bonds is 7. The summed E-state index contributed by atoms with van der Waals surface area (Å²) in [6, 6.07) is 51.1. The van der Waals surface area contributed by atoms with Crippen molar-refractivity contribution in [1.29, 1.82) is 0 Å². The van der Waals surface area contributed by atoms with Gasteiger partial charge < -0.3 is 10.3 Å². The van der Waals surface area contributed by atoms with Crippen molar-refractivity contribution in [2.24, 2.45) is 0 Å². The molecule has 0 saturated heterocycles. The van der Waals surface area contributed by atoms with E-state index < -0.39 is 11.7 Å². The number of carbonyl (C=O) groups is 5. The molecule has 2 N–H and O–H groups in total. The Hall–Kier alpha value is -7.65.